The van der Waals surface area contributed by atoms with Crippen LogP contribution in [-0.2, 0) is 4.74 Å². The number of esters is 1. The summed E-state index contributed by atoms with van der Waals surface area (Å²) in [6.07, 6.45) is 1.68. The van der Waals surface area contributed by atoms with Crippen LogP contribution in [0.3, 0.4) is 0 Å². The molecule has 0 radical (unpaired) electrons. The second-order valence-corrected chi connectivity index (χ2v) is 5.98. The highest BCUT2D eigenvalue weighted by molar-refractivity contribution is 7.08. The number of para-hydroxylation sites is 1. The zero-order chi connectivity index (χ0) is 16.8. The molecule has 0 aliphatic rings. The average molecular weight is 331 g/mol. The Labute approximate surface area is 137 Å². The third-order valence-electron chi connectivity index (χ3n) is 2.70. The van der Waals surface area contributed by atoms with Crippen LogP contribution in [0, 0.1) is 5.92 Å². The van der Waals surface area contributed by atoms with E-state index < -0.39 is 11.4 Å². The van der Waals surface area contributed by atoms with Crippen molar-refractivity contribution in [3.05, 3.63) is 57.0 Å². The lowest BCUT2D eigenvalue weighted by molar-refractivity contribution is 0.0605. The van der Waals surface area contributed by atoms with Gasteiger partial charge in [0.2, 0.25) is 10.9 Å². The molecule has 2 aromatic rings. The van der Waals surface area contributed by atoms with Gasteiger partial charge in [-0.15, -0.1) is 0 Å². The molecule has 0 fully saturated rings. The number of hydrogen-bond donors (Lipinski definition) is 0. The molecule has 120 valence electrons. The van der Waals surface area contributed by atoms with Crippen molar-refractivity contribution >= 4 is 29.4 Å². The minimum atomic E-state index is -0.577. The standard InChI is InChI=1S/C16H17N3O3S/c1-11(2)10-17-19-15(18-12-7-5-4-6-8-12)13(20)9-14(23-19)16(21)22-3/h4-11H,1-3H3/b17-10+,18-15?. The Morgan fingerprint density at radius 2 is 2.00 bits per heavy atom. The maximum Gasteiger partial charge on any atom is 0.349 e. The first-order valence-electron chi connectivity index (χ1n) is 7.01. The van der Waals surface area contributed by atoms with E-state index in [1.165, 1.54) is 17.2 Å². The highest BCUT2D eigenvalue weighted by atomic mass is 32.1. The number of benzene rings is 1. The summed E-state index contributed by atoms with van der Waals surface area (Å²) in [6, 6.07) is 10.3. The van der Waals surface area contributed by atoms with Gasteiger partial charge in [0.15, 0.2) is 0 Å². The average Bonchev–Trinajstić information content (AvgIpc) is 2.55. The van der Waals surface area contributed by atoms with Crippen LogP contribution in [0.1, 0.15) is 23.5 Å². The van der Waals surface area contributed by atoms with E-state index in [2.05, 4.69) is 14.8 Å². The van der Waals surface area contributed by atoms with Crippen LogP contribution in [0.5, 0.6) is 0 Å². The van der Waals surface area contributed by atoms with Crippen molar-refractivity contribution in [2.75, 3.05) is 7.11 Å². The molecule has 0 aliphatic carbocycles. The number of aromatic nitrogens is 1. The van der Waals surface area contributed by atoms with Gasteiger partial charge in [0.1, 0.15) is 4.88 Å². The molecule has 0 atom stereocenters. The van der Waals surface area contributed by atoms with E-state index in [1.807, 2.05) is 32.0 Å². The van der Waals surface area contributed by atoms with Gasteiger partial charge < -0.3 is 4.74 Å². The Balaban J connectivity index is 2.67. The van der Waals surface area contributed by atoms with Crippen LogP contribution < -0.4 is 10.9 Å². The number of carbonyl (C=O) groups excluding carboxylic acids is 1. The molecule has 1 aromatic carbocycles. The maximum absolute atomic E-state index is 12.3. The molecule has 2 rings (SSSR count). The molecule has 0 saturated carbocycles. The Bertz CT molecular complexity index is 836. The molecule has 0 amide bonds. The Kier molecular flexibility index (Phi) is 5.59. The first kappa shape index (κ1) is 16.8. The van der Waals surface area contributed by atoms with E-state index in [1.54, 1.807) is 18.3 Å². The number of rotatable bonds is 4. The van der Waals surface area contributed by atoms with Gasteiger partial charge in [-0.3, -0.25) is 4.79 Å². The fourth-order valence-corrected chi connectivity index (χ4v) is 2.46. The van der Waals surface area contributed by atoms with Crippen LogP contribution in [0.25, 0.3) is 0 Å². The number of nitrogens with zero attached hydrogens (tertiary/aromatic N) is 3. The van der Waals surface area contributed by atoms with Crippen molar-refractivity contribution in [3.8, 4) is 0 Å². The monoisotopic (exact) mass is 331 g/mol. The van der Waals surface area contributed by atoms with Gasteiger partial charge >= 0.3 is 5.97 Å². The van der Waals surface area contributed by atoms with E-state index in [-0.39, 0.29) is 16.3 Å². The fourth-order valence-electron chi connectivity index (χ4n) is 1.63. The third-order valence-corrected chi connectivity index (χ3v) is 3.62. The van der Waals surface area contributed by atoms with Gasteiger partial charge in [0.05, 0.1) is 12.8 Å². The summed E-state index contributed by atoms with van der Waals surface area (Å²) < 4.78 is 6.02. The Morgan fingerprint density at radius 1 is 1.30 bits per heavy atom. The van der Waals surface area contributed by atoms with Gasteiger partial charge in [0, 0.05) is 12.3 Å². The van der Waals surface area contributed by atoms with Crippen LogP contribution in [0.2, 0.25) is 0 Å². The first-order chi connectivity index (χ1) is 11.0. The summed E-state index contributed by atoms with van der Waals surface area (Å²) in [7, 11) is 1.27. The predicted octanol–water partition coefficient (Wildman–Crippen LogP) is 2.42. The highest BCUT2D eigenvalue weighted by Gasteiger charge is 2.11. The molecule has 23 heavy (non-hydrogen) atoms. The summed E-state index contributed by atoms with van der Waals surface area (Å²) in [5.74, 6) is -0.386. The summed E-state index contributed by atoms with van der Waals surface area (Å²) in [6.45, 7) is 3.93. The van der Waals surface area contributed by atoms with Gasteiger partial charge in [-0.05, 0) is 29.6 Å². The van der Waals surface area contributed by atoms with E-state index in [4.69, 9.17) is 0 Å². The SMILES string of the molecule is COC(=O)c1cc(=O)c(=Nc2ccccc2)n(/N=C/C(C)C)s1. The van der Waals surface area contributed by atoms with Crippen LogP contribution in [0.15, 0.2) is 51.3 Å². The normalized spacial score (nSPS) is 12.1. The Hall–Kier alpha value is -2.54. The molecular formula is C16H17N3O3S. The second kappa shape index (κ2) is 7.64. The summed E-state index contributed by atoms with van der Waals surface area (Å²) in [4.78, 5) is 28.5. The van der Waals surface area contributed by atoms with E-state index in [9.17, 15) is 9.59 Å². The molecule has 0 spiro atoms. The molecule has 6 nitrogen and oxygen atoms in total. The van der Waals surface area contributed by atoms with Gasteiger partial charge in [0.25, 0.3) is 0 Å². The zero-order valence-corrected chi connectivity index (χ0v) is 13.9. The van der Waals surface area contributed by atoms with Crippen molar-refractivity contribution in [2.24, 2.45) is 16.0 Å². The smallest absolute Gasteiger partial charge is 0.349 e. The number of ether oxygens (including phenoxy) is 1. The Morgan fingerprint density at radius 3 is 2.61 bits per heavy atom. The van der Waals surface area contributed by atoms with Crippen LogP contribution >= 0.6 is 11.5 Å². The minimum absolute atomic E-state index is 0.144. The van der Waals surface area contributed by atoms with Crippen LogP contribution in [0.4, 0.5) is 5.69 Å². The van der Waals surface area contributed by atoms with Crippen molar-refractivity contribution in [1.82, 2.24) is 4.07 Å². The van der Waals surface area contributed by atoms with Crippen molar-refractivity contribution in [3.63, 3.8) is 0 Å². The van der Waals surface area contributed by atoms with E-state index in [0.717, 1.165) is 11.5 Å². The van der Waals surface area contributed by atoms with Crippen molar-refractivity contribution < 1.29 is 9.53 Å². The lowest BCUT2D eigenvalue weighted by atomic mass is 10.3. The topological polar surface area (TPSA) is 73.0 Å². The molecule has 0 unspecified atom stereocenters. The zero-order valence-electron chi connectivity index (χ0n) is 13.1. The van der Waals surface area contributed by atoms with Gasteiger partial charge in [-0.25, -0.2) is 9.79 Å². The van der Waals surface area contributed by atoms with Crippen LogP contribution in [-0.4, -0.2) is 23.4 Å². The van der Waals surface area contributed by atoms with E-state index >= 15 is 0 Å². The number of hydrogen-bond acceptors (Lipinski definition) is 6. The molecule has 1 heterocycles. The molecule has 0 bridgehead atoms. The molecular weight excluding hydrogens is 314 g/mol. The van der Waals surface area contributed by atoms with Crippen molar-refractivity contribution in [2.45, 2.75) is 13.8 Å². The van der Waals surface area contributed by atoms with E-state index in [0.29, 0.717) is 5.69 Å². The molecule has 1 aromatic heterocycles. The molecule has 7 heteroatoms. The maximum atomic E-state index is 12.3. The number of carbonyl (C=O) groups is 1. The quantitative estimate of drug-likeness (QED) is 0.638. The third kappa shape index (κ3) is 4.46. The molecule has 0 N–H and O–H groups in total. The lowest BCUT2D eigenvalue weighted by Crippen LogP contribution is -2.33. The summed E-state index contributed by atoms with van der Waals surface area (Å²) in [5.41, 5.74) is 0.385. The first-order valence-corrected chi connectivity index (χ1v) is 7.79. The minimum Gasteiger partial charge on any atom is -0.465 e. The molecule has 0 aliphatic heterocycles. The number of methoxy groups -OCH3 is 1. The summed E-state index contributed by atoms with van der Waals surface area (Å²) in [5, 5.41) is 4.25. The second-order valence-electron chi connectivity index (χ2n) is 5.01. The van der Waals surface area contributed by atoms with Gasteiger partial charge in [-0.1, -0.05) is 32.0 Å². The summed E-state index contributed by atoms with van der Waals surface area (Å²) >= 11 is 1.01. The van der Waals surface area contributed by atoms with Crippen molar-refractivity contribution in [1.29, 1.82) is 0 Å². The molecule has 0 saturated heterocycles. The van der Waals surface area contributed by atoms with Gasteiger partial charge in [-0.2, -0.15) is 9.17 Å². The lowest BCUT2D eigenvalue weighted by Gasteiger charge is -2.03. The predicted molar refractivity (Wildman–Crippen MR) is 90.3 cm³/mol. The highest BCUT2D eigenvalue weighted by Crippen LogP contribution is 2.09. The fraction of sp³-hybridized carbons (Fsp3) is 0.250. The largest absolute Gasteiger partial charge is 0.465 e.